The molecule has 0 spiro atoms. The van der Waals surface area contributed by atoms with Gasteiger partial charge >= 0.3 is 0 Å². The van der Waals surface area contributed by atoms with Crippen LogP contribution in [-0.2, 0) is 0 Å². The molecule has 0 heterocycles. The van der Waals surface area contributed by atoms with E-state index in [2.05, 4.69) is 6.92 Å². The van der Waals surface area contributed by atoms with E-state index in [4.69, 9.17) is 14.2 Å². The lowest BCUT2D eigenvalue weighted by Gasteiger charge is -2.17. The molecule has 0 bridgehead atoms. The monoisotopic (exact) mass is 282 g/mol. The molecular formula is C16H26O4. The Hall–Kier alpha value is -1.42. The zero-order valence-electron chi connectivity index (χ0n) is 12.9. The first-order chi connectivity index (χ1) is 9.67. The van der Waals surface area contributed by atoms with Crippen molar-refractivity contribution in [2.24, 2.45) is 0 Å². The minimum absolute atomic E-state index is 0.499. The van der Waals surface area contributed by atoms with Crippen molar-refractivity contribution in [2.75, 3.05) is 21.3 Å². The van der Waals surface area contributed by atoms with Gasteiger partial charge in [0.25, 0.3) is 0 Å². The summed E-state index contributed by atoms with van der Waals surface area (Å²) in [5.74, 6) is 1.71. The van der Waals surface area contributed by atoms with Crippen molar-refractivity contribution in [3.8, 4) is 17.2 Å². The van der Waals surface area contributed by atoms with Crippen LogP contribution in [0.4, 0.5) is 0 Å². The Labute approximate surface area is 121 Å². The molecule has 0 aromatic heterocycles. The van der Waals surface area contributed by atoms with E-state index in [1.54, 1.807) is 21.3 Å². The second kappa shape index (κ2) is 8.69. The lowest BCUT2D eigenvalue weighted by atomic mass is 10.0. The molecule has 1 aromatic rings. The predicted molar refractivity (Wildman–Crippen MR) is 79.8 cm³/mol. The number of methoxy groups -OCH3 is 3. The van der Waals surface area contributed by atoms with Gasteiger partial charge in [-0.25, -0.2) is 0 Å². The molecule has 4 heteroatoms. The summed E-state index contributed by atoms with van der Waals surface area (Å²) < 4.78 is 15.9. The third-order valence-electron chi connectivity index (χ3n) is 3.40. The van der Waals surface area contributed by atoms with Crippen LogP contribution in [0, 0.1) is 0 Å². The smallest absolute Gasteiger partial charge is 0.203 e. The summed E-state index contributed by atoms with van der Waals surface area (Å²) in [6, 6.07) is 3.62. The Kier molecular flexibility index (Phi) is 7.23. The molecular weight excluding hydrogens is 256 g/mol. The van der Waals surface area contributed by atoms with E-state index in [0.717, 1.165) is 24.8 Å². The third-order valence-corrected chi connectivity index (χ3v) is 3.40. The molecule has 1 rings (SSSR count). The van der Waals surface area contributed by atoms with Gasteiger partial charge in [-0.3, -0.25) is 0 Å². The molecule has 0 radical (unpaired) electrons. The molecule has 0 saturated heterocycles. The van der Waals surface area contributed by atoms with Crippen molar-refractivity contribution < 1.29 is 19.3 Å². The van der Waals surface area contributed by atoms with Gasteiger partial charge in [-0.05, 0) is 24.1 Å². The highest BCUT2D eigenvalue weighted by atomic mass is 16.5. The molecule has 0 amide bonds. The van der Waals surface area contributed by atoms with Crippen molar-refractivity contribution >= 4 is 0 Å². The largest absolute Gasteiger partial charge is 0.493 e. The van der Waals surface area contributed by atoms with Gasteiger partial charge in [0, 0.05) is 0 Å². The number of hydrogen-bond donors (Lipinski definition) is 1. The van der Waals surface area contributed by atoms with Crippen LogP contribution in [0.15, 0.2) is 12.1 Å². The SMILES string of the molecule is CCCCCCC(O)c1cc(OC)c(OC)c(OC)c1. The highest BCUT2D eigenvalue weighted by Gasteiger charge is 2.17. The minimum atomic E-state index is -0.499. The Morgan fingerprint density at radius 2 is 1.55 bits per heavy atom. The van der Waals surface area contributed by atoms with Crippen LogP contribution in [-0.4, -0.2) is 26.4 Å². The number of unbranched alkanes of at least 4 members (excludes halogenated alkanes) is 3. The average Bonchev–Trinajstić information content (AvgIpc) is 2.49. The van der Waals surface area contributed by atoms with Gasteiger partial charge in [0.05, 0.1) is 27.4 Å². The lowest BCUT2D eigenvalue weighted by molar-refractivity contribution is 0.162. The fraction of sp³-hybridized carbons (Fsp3) is 0.625. The number of aliphatic hydroxyl groups is 1. The van der Waals surface area contributed by atoms with E-state index in [0.29, 0.717) is 17.2 Å². The number of benzene rings is 1. The fourth-order valence-electron chi connectivity index (χ4n) is 2.22. The average molecular weight is 282 g/mol. The molecule has 1 aromatic carbocycles. The van der Waals surface area contributed by atoms with E-state index >= 15 is 0 Å². The van der Waals surface area contributed by atoms with Crippen LogP contribution in [0.1, 0.15) is 50.7 Å². The highest BCUT2D eigenvalue weighted by molar-refractivity contribution is 5.54. The van der Waals surface area contributed by atoms with E-state index in [1.807, 2.05) is 12.1 Å². The summed E-state index contributed by atoms with van der Waals surface area (Å²) in [6.45, 7) is 2.18. The quantitative estimate of drug-likeness (QED) is 0.701. The van der Waals surface area contributed by atoms with Crippen LogP contribution in [0.5, 0.6) is 17.2 Å². The summed E-state index contributed by atoms with van der Waals surface area (Å²) in [5, 5.41) is 10.3. The van der Waals surface area contributed by atoms with E-state index in [9.17, 15) is 5.11 Å². The second-order valence-corrected chi connectivity index (χ2v) is 4.82. The lowest BCUT2D eigenvalue weighted by Crippen LogP contribution is -2.01. The van der Waals surface area contributed by atoms with Crippen molar-refractivity contribution in [3.63, 3.8) is 0 Å². The summed E-state index contributed by atoms with van der Waals surface area (Å²) in [4.78, 5) is 0. The predicted octanol–water partition coefficient (Wildman–Crippen LogP) is 3.72. The number of hydrogen-bond acceptors (Lipinski definition) is 4. The molecule has 0 aliphatic heterocycles. The molecule has 1 atom stereocenters. The molecule has 4 nitrogen and oxygen atoms in total. The van der Waals surface area contributed by atoms with Crippen LogP contribution in [0.25, 0.3) is 0 Å². The van der Waals surface area contributed by atoms with E-state index in [-0.39, 0.29) is 0 Å². The van der Waals surface area contributed by atoms with Gasteiger partial charge in [0.1, 0.15) is 0 Å². The van der Waals surface area contributed by atoms with Gasteiger partial charge in [0.15, 0.2) is 11.5 Å². The van der Waals surface area contributed by atoms with Gasteiger partial charge in [-0.15, -0.1) is 0 Å². The maximum Gasteiger partial charge on any atom is 0.203 e. The van der Waals surface area contributed by atoms with E-state index < -0.39 is 6.10 Å². The summed E-state index contributed by atoms with van der Waals surface area (Å²) in [6.07, 6.45) is 4.82. The Balaban J connectivity index is 2.83. The zero-order valence-corrected chi connectivity index (χ0v) is 12.9. The van der Waals surface area contributed by atoms with Crippen LogP contribution < -0.4 is 14.2 Å². The van der Waals surface area contributed by atoms with Crippen LogP contribution >= 0.6 is 0 Å². The van der Waals surface area contributed by atoms with Crippen LogP contribution in [0.3, 0.4) is 0 Å². The highest BCUT2D eigenvalue weighted by Crippen LogP contribution is 2.40. The Morgan fingerprint density at radius 1 is 0.950 bits per heavy atom. The first kappa shape index (κ1) is 16.6. The summed E-state index contributed by atoms with van der Waals surface area (Å²) >= 11 is 0. The summed E-state index contributed by atoms with van der Waals surface area (Å²) in [5.41, 5.74) is 0.802. The molecule has 1 unspecified atom stereocenters. The number of ether oxygens (including phenoxy) is 3. The molecule has 0 saturated carbocycles. The maximum atomic E-state index is 10.3. The van der Waals surface area contributed by atoms with Gasteiger partial charge < -0.3 is 19.3 Å². The second-order valence-electron chi connectivity index (χ2n) is 4.82. The maximum absolute atomic E-state index is 10.3. The van der Waals surface area contributed by atoms with E-state index in [1.165, 1.54) is 12.8 Å². The zero-order chi connectivity index (χ0) is 15.0. The number of aliphatic hydroxyl groups excluding tert-OH is 1. The molecule has 0 aliphatic rings. The van der Waals surface area contributed by atoms with Crippen LogP contribution in [0.2, 0.25) is 0 Å². The number of rotatable bonds is 9. The van der Waals surface area contributed by atoms with Crippen molar-refractivity contribution in [3.05, 3.63) is 17.7 Å². The summed E-state index contributed by atoms with van der Waals surface area (Å²) in [7, 11) is 4.73. The normalized spacial score (nSPS) is 12.1. The molecule has 0 fully saturated rings. The molecule has 114 valence electrons. The first-order valence-corrected chi connectivity index (χ1v) is 7.15. The standard InChI is InChI=1S/C16H26O4/c1-5-6-7-8-9-13(17)12-10-14(18-2)16(20-4)15(11-12)19-3/h10-11,13,17H,5-9H2,1-4H3. The van der Waals surface area contributed by atoms with Gasteiger partial charge in [0.2, 0.25) is 5.75 Å². The Bertz CT molecular complexity index is 378. The van der Waals surface area contributed by atoms with Gasteiger partial charge in [-0.1, -0.05) is 32.6 Å². The first-order valence-electron chi connectivity index (χ1n) is 7.15. The molecule has 20 heavy (non-hydrogen) atoms. The topological polar surface area (TPSA) is 47.9 Å². The van der Waals surface area contributed by atoms with Crippen molar-refractivity contribution in [1.29, 1.82) is 0 Å². The van der Waals surface area contributed by atoms with Crippen molar-refractivity contribution in [2.45, 2.75) is 45.1 Å². The van der Waals surface area contributed by atoms with Gasteiger partial charge in [-0.2, -0.15) is 0 Å². The molecule has 1 N–H and O–H groups in total. The van der Waals surface area contributed by atoms with Crippen molar-refractivity contribution in [1.82, 2.24) is 0 Å². The fourth-order valence-corrected chi connectivity index (χ4v) is 2.22. The third kappa shape index (κ3) is 4.30. The Morgan fingerprint density at radius 3 is 2.00 bits per heavy atom. The molecule has 0 aliphatic carbocycles. The minimum Gasteiger partial charge on any atom is -0.493 e.